The number of amides is 3. The van der Waals surface area contributed by atoms with Crippen LogP contribution in [-0.2, 0) is 4.79 Å². The number of H-pyrrole nitrogens is 1. The first kappa shape index (κ1) is 18.7. The van der Waals surface area contributed by atoms with Crippen molar-refractivity contribution in [3.63, 3.8) is 0 Å². The van der Waals surface area contributed by atoms with Gasteiger partial charge >= 0.3 is 6.03 Å². The van der Waals surface area contributed by atoms with Crippen LogP contribution in [0.2, 0.25) is 0 Å². The summed E-state index contributed by atoms with van der Waals surface area (Å²) in [5.74, 6) is -0.930. The minimum Gasteiger partial charge on any atom is -0.361 e. The van der Waals surface area contributed by atoms with Crippen molar-refractivity contribution in [3.05, 3.63) is 66.1 Å². The van der Waals surface area contributed by atoms with E-state index in [0.717, 1.165) is 11.9 Å². The first-order valence-electron chi connectivity index (χ1n) is 9.40. The average Bonchev–Trinajstić information content (AvgIpc) is 3.14. The predicted molar refractivity (Wildman–Crippen MR) is 112 cm³/mol. The SMILES string of the molecule is CC(=O)Nc1cc(NC(=O)N2CC=C(c3c[nH]c4ccccc34)CC2)ccc1F. The summed E-state index contributed by atoms with van der Waals surface area (Å²) in [6.07, 6.45) is 4.82. The van der Waals surface area contributed by atoms with Crippen LogP contribution < -0.4 is 10.6 Å². The van der Waals surface area contributed by atoms with Crippen molar-refractivity contribution in [2.45, 2.75) is 13.3 Å². The highest BCUT2D eigenvalue weighted by molar-refractivity contribution is 5.95. The number of aromatic nitrogens is 1. The van der Waals surface area contributed by atoms with Crippen LogP contribution >= 0.6 is 0 Å². The van der Waals surface area contributed by atoms with Gasteiger partial charge in [0.05, 0.1) is 5.69 Å². The molecule has 0 aliphatic carbocycles. The number of halogens is 1. The second-order valence-corrected chi connectivity index (χ2v) is 6.98. The summed E-state index contributed by atoms with van der Waals surface area (Å²) in [7, 11) is 0. The van der Waals surface area contributed by atoms with Crippen LogP contribution in [0, 0.1) is 5.82 Å². The van der Waals surface area contributed by atoms with E-state index in [1.165, 1.54) is 41.6 Å². The molecule has 1 aromatic heterocycles. The molecule has 0 atom stereocenters. The fourth-order valence-electron chi connectivity index (χ4n) is 3.53. The van der Waals surface area contributed by atoms with Crippen LogP contribution in [0.5, 0.6) is 0 Å². The van der Waals surface area contributed by atoms with Crippen LogP contribution in [0.25, 0.3) is 16.5 Å². The van der Waals surface area contributed by atoms with Crippen LogP contribution in [0.15, 0.2) is 54.7 Å². The number of nitrogens with one attached hydrogen (secondary N) is 3. The molecular formula is C22H21FN4O2. The topological polar surface area (TPSA) is 77.2 Å². The van der Waals surface area contributed by atoms with E-state index >= 15 is 0 Å². The summed E-state index contributed by atoms with van der Waals surface area (Å²) in [5.41, 5.74) is 3.93. The highest BCUT2D eigenvalue weighted by Gasteiger charge is 2.20. The lowest BCUT2D eigenvalue weighted by atomic mass is 9.99. The highest BCUT2D eigenvalue weighted by atomic mass is 19.1. The molecule has 4 rings (SSSR count). The summed E-state index contributed by atoms with van der Waals surface area (Å²) < 4.78 is 13.8. The first-order chi connectivity index (χ1) is 14.0. The van der Waals surface area contributed by atoms with E-state index in [4.69, 9.17) is 0 Å². The lowest BCUT2D eigenvalue weighted by Crippen LogP contribution is -2.37. The molecule has 0 saturated carbocycles. The quantitative estimate of drug-likeness (QED) is 0.610. The van der Waals surface area contributed by atoms with Crippen molar-refractivity contribution in [3.8, 4) is 0 Å². The normalized spacial score (nSPS) is 13.9. The van der Waals surface area contributed by atoms with Crippen molar-refractivity contribution in [1.29, 1.82) is 0 Å². The summed E-state index contributed by atoms with van der Waals surface area (Å²) in [6, 6.07) is 12.0. The highest BCUT2D eigenvalue weighted by Crippen LogP contribution is 2.29. The zero-order chi connectivity index (χ0) is 20.4. The van der Waals surface area contributed by atoms with Crippen LogP contribution in [-0.4, -0.2) is 34.9 Å². The Morgan fingerprint density at radius 1 is 1.14 bits per heavy atom. The maximum Gasteiger partial charge on any atom is 0.322 e. The van der Waals surface area contributed by atoms with Gasteiger partial charge in [0.25, 0.3) is 0 Å². The molecule has 3 N–H and O–H groups in total. The maximum absolute atomic E-state index is 13.8. The summed E-state index contributed by atoms with van der Waals surface area (Å²) in [4.78, 5) is 28.7. The average molecular weight is 392 g/mol. The van der Waals surface area contributed by atoms with Gasteiger partial charge in [-0.05, 0) is 36.3 Å². The largest absolute Gasteiger partial charge is 0.361 e. The van der Waals surface area contributed by atoms with Crippen molar-refractivity contribution >= 4 is 39.8 Å². The monoisotopic (exact) mass is 392 g/mol. The second-order valence-electron chi connectivity index (χ2n) is 6.98. The van der Waals surface area contributed by atoms with Crippen molar-refractivity contribution < 1.29 is 14.0 Å². The number of para-hydroxylation sites is 1. The van der Waals surface area contributed by atoms with E-state index in [0.29, 0.717) is 18.8 Å². The van der Waals surface area contributed by atoms with Gasteiger partial charge < -0.3 is 20.5 Å². The zero-order valence-corrected chi connectivity index (χ0v) is 16.0. The predicted octanol–water partition coefficient (Wildman–Crippen LogP) is 4.59. The molecule has 29 heavy (non-hydrogen) atoms. The Bertz CT molecular complexity index is 1120. The Morgan fingerprint density at radius 2 is 1.97 bits per heavy atom. The fraction of sp³-hybridized carbons (Fsp3) is 0.182. The van der Waals surface area contributed by atoms with E-state index in [1.807, 2.05) is 24.4 Å². The van der Waals surface area contributed by atoms with E-state index in [1.54, 1.807) is 4.90 Å². The third kappa shape index (κ3) is 3.99. The molecule has 1 aliphatic heterocycles. The van der Waals surface area contributed by atoms with Gasteiger partial charge in [-0.2, -0.15) is 0 Å². The van der Waals surface area contributed by atoms with Crippen LogP contribution in [0.3, 0.4) is 0 Å². The number of fused-ring (bicyclic) bond motifs is 1. The van der Waals surface area contributed by atoms with Gasteiger partial charge in [-0.3, -0.25) is 4.79 Å². The van der Waals surface area contributed by atoms with Gasteiger partial charge in [-0.15, -0.1) is 0 Å². The molecule has 0 radical (unpaired) electrons. The number of benzene rings is 2. The molecule has 0 fully saturated rings. The molecule has 148 valence electrons. The number of aromatic amines is 1. The molecule has 0 unspecified atom stereocenters. The number of anilines is 2. The van der Waals surface area contributed by atoms with Gasteiger partial charge in [0, 0.05) is 48.4 Å². The zero-order valence-electron chi connectivity index (χ0n) is 16.0. The lowest BCUT2D eigenvalue weighted by Gasteiger charge is -2.26. The molecule has 7 heteroatoms. The molecule has 0 spiro atoms. The van der Waals surface area contributed by atoms with Gasteiger partial charge in [0.2, 0.25) is 5.91 Å². The fourth-order valence-corrected chi connectivity index (χ4v) is 3.53. The lowest BCUT2D eigenvalue weighted by molar-refractivity contribution is -0.114. The van der Waals surface area contributed by atoms with Crippen LogP contribution in [0.4, 0.5) is 20.6 Å². The summed E-state index contributed by atoms with van der Waals surface area (Å²) >= 11 is 0. The number of carbonyl (C=O) groups is 2. The number of hydrogen-bond acceptors (Lipinski definition) is 2. The third-order valence-electron chi connectivity index (χ3n) is 4.96. The standard InChI is InChI=1S/C22H21FN4O2/c1-14(28)25-21-12-16(6-7-19(21)23)26-22(29)27-10-8-15(9-11-27)18-13-24-20-5-3-2-4-17(18)20/h2-8,12-13,24H,9-11H2,1H3,(H,25,28)(H,26,29). The van der Waals surface area contributed by atoms with Gasteiger partial charge in [0.1, 0.15) is 5.82 Å². The Labute approximate surface area is 167 Å². The third-order valence-corrected chi connectivity index (χ3v) is 4.96. The van der Waals surface area contributed by atoms with E-state index < -0.39 is 5.82 Å². The molecule has 6 nitrogen and oxygen atoms in total. The summed E-state index contributed by atoms with van der Waals surface area (Å²) in [5, 5.41) is 6.35. The second kappa shape index (κ2) is 7.79. The number of rotatable bonds is 3. The number of carbonyl (C=O) groups excluding carboxylic acids is 2. The Hall–Kier alpha value is -3.61. The minimum absolute atomic E-state index is 0.0375. The number of urea groups is 1. The molecule has 1 aliphatic rings. The summed E-state index contributed by atoms with van der Waals surface area (Å²) in [6.45, 7) is 2.37. The van der Waals surface area contributed by atoms with Crippen molar-refractivity contribution in [2.24, 2.45) is 0 Å². The molecule has 3 amide bonds. The van der Waals surface area contributed by atoms with Gasteiger partial charge in [0.15, 0.2) is 0 Å². The number of nitrogens with zero attached hydrogens (tertiary/aromatic N) is 1. The molecule has 2 heterocycles. The molecule has 0 saturated heterocycles. The van der Waals surface area contributed by atoms with Crippen molar-refractivity contribution in [1.82, 2.24) is 9.88 Å². The van der Waals surface area contributed by atoms with Gasteiger partial charge in [-0.1, -0.05) is 24.3 Å². The Morgan fingerprint density at radius 3 is 2.72 bits per heavy atom. The minimum atomic E-state index is -0.553. The van der Waals surface area contributed by atoms with Crippen molar-refractivity contribution in [2.75, 3.05) is 23.7 Å². The van der Waals surface area contributed by atoms with E-state index in [2.05, 4.69) is 27.8 Å². The van der Waals surface area contributed by atoms with E-state index in [-0.39, 0.29) is 17.6 Å². The van der Waals surface area contributed by atoms with Gasteiger partial charge in [-0.25, -0.2) is 9.18 Å². The smallest absolute Gasteiger partial charge is 0.322 e. The molecular weight excluding hydrogens is 371 g/mol. The number of hydrogen-bond donors (Lipinski definition) is 3. The first-order valence-corrected chi connectivity index (χ1v) is 9.40. The molecule has 0 bridgehead atoms. The van der Waals surface area contributed by atoms with Crippen LogP contribution in [0.1, 0.15) is 18.9 Å². The molecule has 3 aromatic rings. The maximum atomic E-state index is 13.8. The Balaban J connectivity index is 1.44. The molecule has 2 aromatic carbocycles. The van der Waals surface area contributed by atoms with E-state index in [9.17, 15) is 14.0 Å². The Kier molecular flexibility index (Phi) is 5.03.